The quantitative estimate of drug-likeness (QED) is 0.664. The van der Waals surface area contributed by atoms with Gasteiger partial charge in [0.25, 0.3) is 0 Å². The summed E-state index contributed by atoms with van der Waals surface area (Å²) in [6.07, 6.45) is 4.86. The highest BCUT2D eigenvalue weighted by Gasteiger charge is 2.37. The van der Waals surface area contributed by atoms with E-state index in [1.54, 1.807) is 0 Å². The maximum Gasteiger partial charge on any atom is 0.221 e. The van der Waals surface area contributed by atoms with Crippen LogP contribution in [0.3, 0.4) is 0 Å². The summed E-state index contributed by atoms with van der Waals surface area (Å²) in [6, 6.07) is 13.3. The fraction of sp³-hybridized carbons (Fsp3) is 0.407. The third-order valence-corrected chi connectivity index (χ3v) is 6.20. The van der Waals surface area contributed by atoms with Crippen LogP contribution in [0.1, 0.15) is 55.1 Å². The number of benzene rings is 2. The second-order valence-electron chi connectivity index (χ2n) is 8.60. The average Bonchev–Trinajstić information content (AvgIpc) is 2.84. The molecule has 1 saturated heterocycles. The van der Waals surface area contributed by atoms with E-state index in [1.807, 2.05) is 42.5 Å². The molecule has 2 aromatic rings. The number of piperidine rings is 1. The van der Waals surface area contributed by atoms with Crippen molar-refractivity contribution in [2.24, 2.45) is 0 Å². The third kappa shape index (κ3) is 6.30. The molecule has 2 aliphatic heterocycles. The van der Waals surface area contributed by atoms with Gasteiger partial charge in [-0.15, -0.1) is 0 Å². The molecule has 0 aromatic heterocycles. The Labute approximate surface area is 197 Å². The van der Waals surface area contributed by atoms with Crippen LogP contribution in [0.25, 0.3) is 5.57 Å². The van der Waals surface area contributed by atoms with Crippen molar-refractivity contribution in [2.45, 2.75) is 39.2 Å². The molecule has 33 heavy (non-hydrogen) atoms. The molecule has 6 nitrogen and oxygen atoms in total. The Balaban J connectivity index is 0.000000454. The maximum absolute atomic E-state index is 11.4. The van der Waals surface area contributed by atoms with Crippen molar-refractivity contribution in [2.75, 3.05) is 38.5 Å². The standard InChI is InChI=1S/C22H22N2O3.C5H13N/c1-15(26)24-18-6-7-21-19(12-18)20(17-4-2-16(14-25)3-5-17)13-22(27-21)8-10-23-11-9-22;1-4-6(3)5-2/h2-7,12-14,23H,8-11H2,1H3,(H,24,26);4-5H2,1-3H3. The van der Waals surface area contributed by atoms with Crippen LogP contribution in [-0.2, 0) is 4.79 Å². The molecule has 1 fully saturated rings. The molecule has 1 spiro atoms. The highest BCUT2D eigenvalue weighted by molar-refractivity contribution is 5.92. The van der Waals surface area contributed by atoms with Crippen LogP contribution in [0.2, 0.25) is 0 Å². The number of carbonyl (C=O) groups is 2. The van der Waals surface area contributed by atoms with Gasteiger partial charge in [-0.05, 0) is 68.6 Å². The molecule has 0 radical (unpaired) electrons. The fourth-order valence-electron chi connectivity index (χ4n) is 4.00. The summed E-state index contributed by atoms with van der Waals surface area (Å²) >= 11 is 0. The van der Waals surface area contributed by atoms with Crippen LogP contribution in [0.4, 0.5) is 5.69 Å². The van der Waals surface area contributed by atoms with E-state index in [4.69, 9.17) is 4.74 Å². The van der Waals surface area contributed by atoms with E-state index >= 15 is 0 Å². The van der Waals surface area contributed by atoms with Gasteiger partial charge in [-0.1, -0.05) is 38.1 Å². The zero-order valence-corrected chi connectivity index (χ0v) is 20.1. The molecule has 2 heterocycles. The van der Waals surface area contributed by atoms with Crippen molar-refractivity contribution >= 4 is 23.5 Å². The molecular formula is C27H35N3O3. The van der Waals surface area contributed by atoms with E-state index in [0.29, 0.717) is 5.56 Å². The van der Waals surface area contributed by atoms with Crippen molar-refractivity contribution in [1.82, 2.24) is 10.2 Å². The molecule has 0 unspecified atom stereocenters. The molecular weight excluding hydrogens is 414 g/mol. The van der Waals surface area contributed by atoms with E-state index in [-0.39, 0.29) is 11.5 Å². The van der Waals surface area contributed by atoms with E-state index in [9.17, 15) is 9.59 Å². The van der Waals surface area contributed by atoms with Crippen LogP contribution in [-0.4, -0.2) is 55.9 Å². The lowest BCUT2D eigenvalue weighted by Crippen LogP contribution is -2.46. The maximum atomic E-state index is 11.4. The molecule has 0 aliphatic carbocycles. The SMILES string of the molecule is CC(=O)Nc1ccc2c(c1)C(c1ccc(C=O)cc1)=CC1(CCNCC1)O2.CCN(C)CC. The Morgan fingerprint density at radius 1 is 1.12 bits per heavy atom. The van der Waals surface area contributed by atoms with Gasteiger partial charge in [0.2, 0.25) is 5.91 Å². The van der Waals surface area contributed by atoms with Crippen molar-refractivity contribution < 1.29 is 14.3 Å². The van der Waals surface area contributed by atoms with Crippen LogP contribution in [0.5, 0.6) is 5.75 Å². The number of amides is 1. The third-order valence-electron chi connectivity index (χ3n) is 6.20. The van der Waals surface area contributed by atoms with Gasteiger partial charge in [0.1, 0.15) is 17.6 Å². The van der Waals surface area contributed by atoms with Crippen LogP contribution >= 0.6 is 0 Å². The number of hydrogen-bond acceptors (Lipinski definition) is 5. The topological polar surface area (TPSA) is 70.7 Å². The zero-order valence-electron chi connectivity index (χ0n) is 20.1. The highest BCUT2D eigenvalue weighted by atomic mass is 16.5. The Morgan fingerprint density at radius 2 is 1.79 bits per heavy atom. The first-order valence-electron chi connectivity index (χ1n) is 11.7. The molecule has 6 heteroatoms. The molecule has 0 bridgehead atoms. The average molecular weight is 450 g/mol. The highest BCUT2D eigenvalue weighted by Crippen LogP contribution is 2.43. The molecule has 1 amide bonds. The number of hydrogen-bond donors (Lipinski definition) is 2. The van der Waals surface area contributed by atoms with Gasteiger partial charge in [-0.3, -0.25) is 9.59 Å². The minimum atomic E-state index is -0.327. The summed E-state index contributed by atoms with van der Waals surface area (Å²) < 4.78 is 6.43. The van der Waals surface area contributed by atoms with Crippen LogP contribution in [0.15, 0.2) is 48.5 Å². The molecule has 0 saturated carbocycles. The van der Waals surface area contributed by atoms with Gasteiger partial charge in [0, 0.05) is 36.6 Å². The molecule has 2 aromatic carbocycles. The van der Waals surface area contributed by atoms with Gasteiger partial charge in [0.05, 0.1) is 0 Å². The molecule has 4 rings (SSSR count). The number of nitrogens with zero attached hydrogens (tertiary/aromatic N) is 1. The van der Waals surface area contributed by atoms with Gasteiger partial charge < -0.3 is 20.3 Å². The zero-order chi connectivity index (χ0) is 23.8. The van der Waals surface area contributed by atoms with Gasteiger partial charge >= 0.3 is 0 Å². The van der Waals surface area contributed by atoms with Gasteiger partial charge in [-0.25, -0.2) is 0 Å². The summed E-state index contributed by atoms with van der Waals surface area (Å²) in [5.74, 6) is 0.713. The van der Waals surface area contributed by atoms with Crippen LogP contribution < -0.4 is 15.4 Å². The van der Waals surface area contributed by atoms with E-state index < -0.39 is 0 Å². The monoisotopic (exact) mass is 449 g/mol. The largest absolute Gasteiger partial charge is 0.482 e. The van der Waals surface area contributed by atoms with E-state index in [2.05, 4.69) is 42.5 Å². The smallest absolute Gasteiger partial charge is 0.221 e. The lowest BCUT2D eigenvalue weighted by atomic mass is 9.83. The summed E-state index contributed by atoms with van der Waals surface area (Å²) in [5, 5.41) is 6.22. The number of aldehydes is 1. The van der Waals surface area contributed by atoms with Gasteiger partial charge in [-0.2, -0.15) is 0 Å². The number of nitrogens with one attached hydrogen (secondary N) is 2. The Morgan fingerprint density at radius 3 is 2.33 bits per heavy atom. The van der Waals surface area contributed by atoms with Gasteiger partial charge in [0.15, 0.2) is 0 Å². The summed E-state index contributed by atoms with van der Waals surface area (Å²) in [7, 11) is 2.11. The summed E-state index contributed by atoms with van der Waals surface area (Å²) in [4.78, 5) is 24.7. The molecule has 2 N–H and O–H groups in total. The van der Waals surface area contributed by atoms with Crippen LogP contribution in [0, 0.1) is 0 Å². The Kier molecular flexibility index (Phi) is 8.42. The number of carbonyl (C=O) groups excluding carboxylic acids is 2. The molecule has 2 aliphatic rings. The predicted octanol–water partition coefficient (Wildman–Crippen LogP) is 4.36. The lowest BCUT2D eigenvalue weighted by molar-refractivity contribution is -0.114. The number of ether oxygens (including phenoxy) is 1. The van der Waals surface area contributed by atoms with Crippen molar-refractivity contribution in [3.05, 3.63) is 65.2 Å². The molecule has 176 valence electrons. The predicted molar refractivity (Wildman–Crippen MR) is 134 cm³/mol. The second-order valence-corrected chi connectivity index (χ2v) is 8.60. The van der Waals surface area contributed by atoms with Crippen molar-refractivity contribution in [3.63, 3.8) is 0 Å². The van der Waals surface area contributed by atoms with E-state index in [1.165, 1.54) is 6.92 Å². The lowest BCUT2D eigenvalue weighted by Gasteiger charge is -2.40. The van der Waals surface area contributed by atoms with Crippen molar-refractivity contribution in [3.8, 4) is 5.75 Å². The summed E-state index contributed by atoms with van der Waals surface area (Å²) in [6.45, 7) is 9.95. The first kappa shape index (κ1) is 24.7. The summed E-state index contributed by atoms with van der Waals surface area (Å²) in [5.41, 5.74) is 4.11. The Bertz CT molecular complexity index is 988. The first-order valence-corrected chi connectivity index (χ1v) is 11.7. The number of rotatable bonds is 5. The minimum absolute atomic E-state index is 0.109. The minimum Gasteiger partial charge on any atom is -0.482 e. The second kappa shape index (κ2) is 11.3. The number of anilines is 1. The first-order chi connectivity index (χ1) is 15.9. The van der Waals surface area contributed by atoms with Crippen molar-refractivity contribution in [1.29, 1.82) is 0 Å². The Hall–Kier alpha value is -2.96. The number of fused-ring (bicyclic) bond motifs is 1. The fourth-order valence-corrected chi connectivity index (χ4v) is 4.00. The normalized spacial score (nSPS) is 16.1. The molecule has 0 atom stereocenters. The van der Waals surface area contributed by atoms with E-state index in [0.717, 1.165) is 73.4 Å².